The van der Waals surface area contributed by atoms with Crippen molar-refractivity contribution < 1.29 is 28.7 Å². The molecule has 0 spiro atoms. The van der Waals surface area contributed by atoms with Crippen LogP contribution in [-0.4, -0.2) is 32.2 Å². The van der Waals surface area contributed by atoms with Gasteiger partial charge in [-0.2, -0.15) is 0 Å². The summed E-state index contributed by atoms with van der Waals surface area (Å²) in [6.07, 6.45) is -0.694. The monoisotopic (exact) mass is 361 g/mol. The molecule has 0 amide bonds. The molecule has 0 fully saturated rings. The number of non-ortho nitro benzene ring substituents is 1. The highest BCUT2D eigenvalue weighted by molar-refractivity contribution is 5.93. The topological polar surface area (TPSA) is 97.1 Å². The Morgan fingerprint density at radius 3 is 2.19 bits per heavy atom. The minimum absolute atomic E-state index is 0.0749. The second kappa shape index (κ2) is 8.19. The van der Waals surface area contributed by atoms with Crippen molar-refractivity contribution in [1.29, 1.82) is 0 Å². The summed E-state index contributed by atoms with van der Waals surface area (Å²) >= 11 is 0. The number of methoxy groups -OCH3 is 3. The largest absolute Gasteiger partial charge is 0.496 e. The molecular formula is C18H19NO7. The van der Waals surface area contributed by atoms with Gasteiger partial charge in [-0.3, -0.25) is 10.1 Å². The van der Waals surface area contributed by atoms with Crippen LogP contribution in [0.4, 0.5) is 5.69 Å². The van der Waals surface area contributed by atoms with Gasteiger partial charge in [-0.25, -0.2) is 4.79 Å². The maximum atomic E-state index is 12.6. The van der Waals surface area contributed by atoms with Gasteiger partial charge < -0.3 is 18.9 Å². The molecule has 0 saturated heterocycles. The van der Waals surface area contributed by atoms with E-state index < -0.39 is 17.0 Å². The maximum Gasteiger partial charge on any atom is 0.342 e. The molecule has 138 valence electrons. The Kier molecular flexibility index (Phi) is 6.00. The Morgan fingerprint density at radius 2 is 1.62 bits per heavy atom. The van der Waals surface area contributed by atoms with Gasteiger partial charge in [-0.15, -0.1) is 0 Å². The van der Waals surface area contributed by atoms with Crippen LogP contribution < -0.4 is 14.2 Å². The SMILES string of the molecule is COc1cc(OC)c(C(=O)O[C@@H](C)c2cccc([N+](=O)[O-])c2)cc1OC. The first-order valence-corrected chi connectivity index (χ1v) is 7.66. The van der Waals surface area contributed by atoms with Gasteiger partial charge in [0.2, 0.25) is 0 Å². The van der Waals surface area contributed by atoms with E-state index in [1.54, 1.807) is 13.0 Å². The van der Waals surface area contributed by atoms with Crippen LogP contribution in [0, 0.1) is 10.1 Å². The van der Waals surface area contributed by atoms with E-state index >= 15 is 0 Å². The van der Waals surface area contributed by atoms with Crippen molar-refractivity contribution in [2.24, 2.45) is 0 Å². The normalized spacial score (nSPS) is 11.4. The summed E-state index contributed by atoms with van der Waals surface area (Å²) < 4.78 is 21.0. The number of esters is 1. The number of carbonyl (C=O) groups is 1. The third kappa shape index (κ3) is 4.02. The highest BCUT2D eigenvalue weighted by atomic mass is 16.6. The van der Waals surface area contributed by atoms with E-state index in [2.05, 4.69) is 0 Å². The molecule has 0 heterocycles. The number of hydrogen-bond donors (Lipinski definition) is 0. The third-order valence-corrected chi connectivity index (χ3v) is 3.76. The average Bonchev–Trinajstić information content (AvgIpc) is 2.66. The fourth-order valence-corrected chi connectivity index (χ4v) is 2.37. The lowest BCUT2D eigenvalue weighted by atomic mass is 10.1. The van der Waals surface area contributed by atoms with Gasteiger partial charge >= 0.3 is 5.97 Å². The molecule has 8 heteroatoms. The lowest BCUT2D eigenvalue weighted by molar-refractivity contribution is -0.385. The van der Waals surface area contributed by atoms with Crippen LogP contribution >= 0.6 is 0 Å². The first kappa shape index (κ1) is 19.0. The second-order valence-electron chi connectivity index (χ2n) is 5.31. The van der Waals surface area contributed by atoms with Crippen molar-refractivity contribution in [1.82, 2.24) is 0 Å². The van der Waals surface area contributed by atoms with Crippen LogP contribution in [0.25, 0.3) is 0 Å². The smallest absolute Gasteiger partial charge is 0.342 e. The lowest BCUT2D eigenvalue weighted by Gasteiger charge is -2.16. The van der Waals surface area contributed by atoms with Crippen molar-refractivity contribution in [3.8, 4) is 17.2 Å². The summed E-state index contributed by atoms with van der Waals surface area (Å²) in [5.41, 5.74) is 0.587. The summed E-state index contributed by atoms with van der Waals surface area (Å²) in [5, 5.41) is 10.9. The van der Waals surface area contributed by atoms with Gasteiger partial charge in [0.05, 0.1) is 26.3 Å². The van der Waals surface area contributed by atoms with Crippen LogP contribution in [0.15, 0.2) is 36.4 Å². The lowest BCUT2D eigenvalue weighted by Crippen LogP contribution is -2.11. The third-order valence-electron chi connectivity index (χ3n) is 3.76. The van der Waals surface area contributed by atoms with Gasteiger partial charge in [-0.05, 0) is 12.5 Å². The molecule has 0 aliphatic rings. The summed E-state index contributed by atoms with van der Waals surface area (Å²) in [6.45, 7) is 1.63. The summed E-state index contributed by atoms with van der Waals surface area (Å²) in [7, 11) is 4.34. The van der Waals surface area contributed by atoms with E-state index in [-0.39, 0.29) is 17.0 Å². The standard InChI is InChI=1S/C18H19NO7/c1-11(12-6-5-7-13(8-12)19(21)22)26-18(20)14-9-16(24-3)17(25-4)10-15(14)23-2/h5-11H,1-4H3/t11-/m0/s1. The number of hydrogen-bond acceptors (Lipinski definition) is 7. The van der Waals surface area contributed by atoms with Gasteiger partial charge in [0.1, 0.15) is 17.4 Å². The predicted octanol–water partition coefficient (Wildman–Crippen LogP) is 3.54. The molecule has 2 rings (SSSR count). The summed E-state index contributed by atoms with van der Waals surface area (Å²) in [6, 6.07) is 8.90. The molecule has 2 aromatic carbocycles. The molecule has 0 bridgehead atoms. The van der Waals surface area contributed by atoms with Crippen molar-refractivity contribution >= 4 is 11.7 Å². The van der Waals surface area contributed by atoms with Gasteiger partial charge in [-0.1, -0.05) is 12.1 Å². The van der Waals surface area contributed by atoms with Crippen LogP contribution in [0.5, 0.6) is 17.2 Å². The van der Waals surface area contributed by atoms with E-state index in [1.807, 2.05) is 0 Å². The van der Waals surface area contributed by atoms with E-state index in [4.69, 9.17) is 18.9 Å². The Balaban J connectivity index is 2.29. The molecule has 0 aromatic heterocycles. The zero-order valence-electron chi connectivity index (χ0n) is 14.8. The zero-order chi connectivity index (χ0) is 19.3. The predicted molar refractivity (Wildman–Crippen MR) is 93.0 cm³/mol. The molecule has 0 radical (unpaired) electrons. The molecular weight excluding hydrogens is 342 g/mol. The molecule has 0 unspecified atom stereocenters. The zero-order valence-corrected chi connectivity index (χ0v) is 14.8. The van der Waals surface area contributed by atoms with Crippen molar-refractivity contribution in [2.45, 2.75) is 13.0 Å². The Bertz CT molecular complexity index is 819. The number of nitro benzene ring substituents is 1. The highest BCUT2D eigenvalue weighted by Gasteiger charge is 2.22. The van der Waals surface area contributed by atoms with Crippen molar-refractivity contribution in [3.05, 3.63) is 57.6 Å². The molecule has 0 aliphatic heterocycles. The van der Waals surface area contributed by atoms with E-state index in [0.29, 0.717) is 17.1 Å². The minimum Gasteiger partial charge on any atom is -0.496 e. The molecule has 8 nitrogen and oxygen atoms in total. The molecule has 2 aromatic rings. The maximum absolute atomic E-state index is 12.6. The number of rotatable bonds is 7. The molecule has 1 atom stereocenters. The molecule has 26 heavy (non-hydrogen) atoms. The quantitative estimate of drug-likeness (QED) is 0.423. The van der Waals surface area contributed by atoms with E-state index in [0.717, 1.165) is 0 Å². The molecule has 0 N–H and O–H groups in total. The van der Waals surface area contributed by atoms with Crippen LogP contribution in [-0.2, 0) is 4.74 Å². The first-order valence-electron chi connectivity index (χ1n) is 7.66. The van der Waals surface area contributed by atoms with Gasteiger partial charge in [0, 0.05) is 24.3 Å². The van der Waals surface area contributed by atoms with Crippen LogP contribution in [0.1, 0.15) is 28.9 Å². The number of nitro groups is 1. The van der Waals surface area contributed by atoms with Crippen molar-refractivity contribution in [2.75, 3.05) is 21.3 Å². The minimum atomic E-state index is -0.694. The number of nitrogens with zero attached hydrogens (tertiary/aromatic N) is 1. The highest BCUT2D eigenvalue weighted by Crippen LogP contribution is 2.35. The van der Waals surface area contributed by atoms with Crippen LogP contribution in [0.3, 0.4) is 0 Å². The Labute approximate surface area is 150 Å². The second-order valence-corrected chi connectivity index (χ2v) is 5.31. The van der Waals surface area contributed by atoms with Crippen LogP contribution in [0.2, 0.25) is 0 Å². The average molecular weight is 361 g/mol. The van der Waals surface area contributed by atoms with E-state index in [1.165, 1.54) is 51.7 Å². The number of ether oxygens (including phenoxy) is 4. The fraction of sp³-hybridized carbons (Fsp3) is 0.278. The van der Waals surface area contributed by atoms with E-state index in [9.17, 15) is 14.9 Å². The Morgan fingerprint density at radius 1 is 1.00 bits per heavy atom. The Hall–Kier alpha value is -3.29. The van der Waals surface area contributed by atoms with Gasteiger partial charge in [0.25, 0.3) is 5.69 Å². The molecule has 0 saturated carbocycles. The fourth-order valence-electron chi connectivity index (χ4n) is 2.37. The summed E-state index contributed by atoms with van der Waals surface area (Å²) in [5.74, 6) is 0.372. The van der Waals surface area contributed by atoms with Crippen molar-refractivity contribution in [3.63, 3.8) is 0 Å². The van der Waals surface area contributed by atoms with Gasteiger partial charge in [0.15, 0.2) is 11.5 Å². The first-order chi connectivity index (χ1) is 12.4. The molecule has 0 aliphatic carbocycles. The number of benzene rings is 2. The number of carbonyl (C=O) groups excluding carboxylic acids is 1. The summed E-state index contributed by atoms with van der Waals surface area (Å²) in [4.78, 5) is 22.9.